The van der Waals surface area contributed by atoms with Crippen molar-refractivity contribution < 1.29 is 4.79 Å². The van der Waals surface area contributed by atoms with Gasteiger partial charge in [0.05, 0.1) is 17.7 Å². The molecule has 1 unspecified atom stereocenters. The normalized spacial score (nSPS) is 11.7. The fraction of sp³-hybridized carbons (Fsp3) is 0.214. The highest BCUT2D eigenvalue weighted by Crippen LogP contribution is 2.20. The van der Waals surface area contributed by atoms with E-state index in [1.165, 1.54) is 11.3 Å². The van der Waals surface area contributed by atoms with E-state index in [9.17, 15) is 4.79 Å². The fourth-order valence-electron chi connectivity index (χ4n) is 1.61. The Morgan fingerprint density at radius 1 is 1.55 bits per heavy atom. The van der Waals surface area contributed by atoms with Crippen LogP contribution in [0.5, 0.6) is 0 Å². The van der Waals surface area contributed by atoms with E-state index in [0.717, 1.165) is 10.6 Å². The molecule has 1 aromatic heterocycles. The Balaban J connectivity index is 2.21. The van der Waals surface area contributed by atoms with Crippen molar-refractivity contribution in [1.82, 2.24) is 4.98 Å². The van der Waals surface area contributed by atoms with Crippen LogP contribution in [0.25, 0.3) is 0 Å². The summed E-state index contributed by atoms with van der Waals surface area (Å²) >= 11 is 1.36. The van der Waals surface area contributed by atoms with E-state index in [4.69, 9.17) is 11.0 Å². The van der Waals surface area contributed by atoms with Crippen LogP contribution in [0.4, 0.5) is 5.69 Å². The monoisotopic (exact) mass is 286 g/mol. The molecule has 3 N–H and O–H groups in total. The van der Waals surface area contributed by atoms with E-state index in [0.29, 0.717) is 16.9 Å². The summed E-state index contributed by atoms with van der Waals surface area (Å²) in [6, 6.07) is 7.01. The number of benzene rings is 1. The summed E-state index contributed by atoms with van der Waals surface area (Å²) in [5.74, 6) is -0.300. The Hall–Kier alpha value is -2.23. The third kappa shape index (κ3) is 3.02. The summed E-state index contributed by atoms with van der Waals surface area (Å²) in [7, 11) is 0. The molecule has 0 aliphatic rings. The van der Waals surface area contributed by atoms with Crippen LogP contribution in [-0.2, 0) is 0 Å². The molecule has 0 aliphatic carbocycles. The van der Waals surface area contributed by atoms with Crippen molar-refractivity contribution in [2.75, 3.05) is 5.32 Å². The Labute approximate surface area is 121 Å². The third-order valence-corrected chi connectivity index (χ3v) is 3.80. The van der Waals surface area contributed by atoms with Crippen molar-refractivity contribution in [3.8, 4) is 6.07 Å². The zero-order valence-electron chi connectivity index (χ0n) is 11.2. The number of thiazole rings is 1. The lowest BCUT2D eigenvalue weighted by Gasteiger charge is -2.07. The van der Waals surface area contributed by atoms with Gasteiger partial charge in [-0.25, -0.2) is 4.98 Å². The number of hydrogen-bond donors (Lipinski definition) is 2. The average Bonchev–Trinajstić information content (AvgIpc) is 2.91. The van der Waals surface area contributed by atoms with Gasteiger partial charge in [-0.2, -0.15) is 5.26 Å². The molecular weight excluding hydrogens is 272 g/mol. The zero-order valence-corrected chi connectivity index (χ0v) is 12.0. The van der Waals surface area contributed by atoms with Crippen LogP contribution in [-0.4, -0.2) is 10.9 Å². The number of nitrogens with zero attached hydrogens (tertiary/aromatic N) is 2. The van der Waals surface area contributed by atoms with E-state index < -0.39 is 0 Å². The average molecular weight is 286 g/mol. The SMILES string of the molecule is Cc1ccc(C#N)cc1NC(=O)c1csc(C(C)N)n1. The number of amides is 1. The zero-order chi connectivity index (χ0) is 14.7. The third-order valence-electron chi connectivity index (χ3n) is 2.76. The first-order valence-electron chi connectivity index (χ1n) is 6.04. The maximum absolute atomic E-state index is 12.1. The van der Waals surface area contributed by atoms with Gasteiger partial charge in [-0.1, -0.05) is 6.07 Å². The Morgan fingerprint density at radius 3 is 2.90 bits per heavy atom. The molecule has 0 spiro atoms. The number of anilines is 1. The van der Waals surface area contributed by atoms with Gasteiger partial charge >= 0.3 is 0 Å². The van der Waals surface area contributed by atoms with E-state index in [-0.39, 0.29) is 11.9 Å². The lowest BCUT2D eigenvalue weighted by atomic mass is 10.1. The van der Waals surface area contributed by atoms with Gasteiger partial charge in [-0.05, 0) is 31.5 Å². The molecule has 0 saturated carbocycles. The van der Waals surface area contributed by atoms with Crippen LogP contribution < -0.4 is 11.1 Å². The first-order valence-corrected chi connectivity index (χ1v) is 6.92. The van der Waals surface area contributed by atoms with Crippen LogP contribution in [0.3, 0.4) is 0 Å². The van der Waals surface area contributed by atoms with Gasteiger partial charge in [0.2, 0.25) is 0 Å². The first-order chi connectivity index (χ1) is 9.51. The molecular formula is C14H14N4OS. The van der Waals surface area contributed by atoms with Gasteiger partial charge in [-0.3, -0.25) is 4.79 Å². The van der Waals surface area contributed by atoms with Crippen LogP contribution in [0, 0.1) is 18.3 Å². The van der Waals surface area contributed by atoms with Crippen molar-refractivity contribution in [2.24, 2.45) is 5.73 Å². The molecule has 0 radical (unpaired) electrons. The van der Waals surface area contributed by atoms with Crippen LogP contribution in [0.2, 0.25) is 0 Å². The van der Waals surface area contributed by atoms with Crippen molar-refractivity contribution in [1.29, 1.82) is 5.26 Å². The highest BCUT2D eigenvalue weighted by Gasteiger charge is 2.14. The molecule has 6 heteroatoms. The molecule has 102 valence electrons. The summed E-state index contributed by atoms with van der Waals surface area (Å²) < 4.78 is 0. The standard InChI is InChI=1S/C14H14N4OS/c1-8-3-4-10(6-15)5-11(8)17-13(19)12-7-20-14(18-12)9(2)16/h3-5,7,9H,16H2,1-2H3,(H,17,19). The maximum Gasteiger partial charge on any atom is 0.275 e. The van der Waals surface area contributed by atoms with Crippen LogP contribution in [0.15, 0.2) is 23.6 Å². The number of nitrogens with one attached hydrogen (secondary N) is 1. The highest BCUT2D eigenvalue weighted by molar-refractivity contribution is 7.09. The van der Waals surface area contributed by atoms with Gasteiger partial charge in [0.1, 0.15) is 10.7 Å². The number of hydrogen-bond acceptors (Lipinski definition) is 5. The second-order valence-corrected chi connectivity index (χ2v) is 5.34. The maximum atomic E-state index is 12.1. The minimum absolute atomic E-state index is 0.190. The predicted molar refractivity (Wildman–Crippen MR) is 78.6 cm³/mol. The second kappa shape index (κ2) is 5.82. The van der Waals surface area contributed by atoms with Gasteiger partial charge in [0, 0.05) is 11.1 Å². The van der Waals surface area contributed by atoms with Gasteiger partial charge in [0.15, 0.2) is 0 Å². The number of nitrogens with two attached hydrogens (primary N) is 1. The molecule has 0 saturated heterocycles. The molecule has 5 nitrogen and oxygen atoms in total. The molecule has 1 atom stereocenters. The predicted octanol–water partition coefficient (Wildman–Crippen LogP) is 2.60. The van der Waals surface area contributed by atoms with Crippen molar-refractivity contribution in [3.05, 3.63) is 45.4 Å². The van der Waals surface area contributed by atoms with E-state index in [1.807, 2.05) is 19.9 Å². The number of carbonyl (C=O) groups is 1. The number of aryl methyl sites for hydroxylation is 1. The first kappa shape index (κ1) is 14.2. The molecule has 1 amide bonds. The second-order valence-electron chi connectivity index (χ2n) is 4.46. The van der Waals surface area contributed by atoms with Gasteiger partial charge in [0.25, 0.3) is 5.91 Å². The molecule has 0 fully saturated rings. The smallest absolute Gasteiger partial charge is 0.275 e. The summed E-state index contributed by atoms with van der Waals surface area (Å²) in [6.07, 6.45) is 0. The topological polar surface area (TPSA) is 91.8 Å². The van der Waals surface area contributed by atoms with E-state index in [1.54, 1.807) is 23.6 Å². The quantitative estimate of drug-likeness (QED) is 0.907. The van der Waals surface area contributed by atoms with Crippen LogP contribution >= 0.6 is 11.3 Å². The molecule has 1 aromatic carbocycles. The Kier molecular flexibility index (Phi) is 4.13. The Bertz CT molecular complexity index is 685. The minimum Gasteiger partial charge on any atom is -0.322 e. The number of aromatic nitrogens is 1. The van der Waals surface area contributed by atoms with Crippen LogP contribution in [0.1, 0.15) is 39.6 Å². The molecule has 20 heavy (non-hydrogen) atoms. The number of nitriles is 1. The molecule has 0 bridgehead atoms. The molecule has 0 aliphatic heterocycles. The molecule has 2 aromatic rings. The number of carbonyl (C=O) groups excluding carboxylic acids is 1. The summed E-state index contributed by atoms with van der Waals surface area (Å²) in [6.45, 7) is 3.69. The largest absolute Gasteiger partial charge is 0.322 e. The lowest BCUT2D eigenvalue weighted by Crippen LogP contribution is -2.14. The Morgan fingerprint density at radius 2 is 2.30 bits per heavy atom. The summed E-state index contributed by atoms with van der Waals surface area (Å²) in [5, 5.41) is 14.0. The van der Waals surface area contributed by atoms with Gasteiger partial charge < -0.3 is 11.1 Å². The summed E-state index contributed by atoms with van der Waals surface area (Å²) in [4.78, 5) is 16.3. The van der Waals surface area contributed by atoms with E-state index in [2.05, 4.69) is 10.3 Å². The van der Waals surface area contributed by atoms with Crippen molar-refractivity contribution >= 4 is 22.9 Å². The lowest BCUT2D eigenvalue weighted by molar-refractivity contribution is 0.102. The van der Waals surface area contributed by atoms with E-state index >= 15 is 0 Å². The number of rotatable bonds is 3. The fourth-order valence-corrected chi connectivity index (χ4v) is 2.37. The molecule has 1 heterocycles. The minimum atomic E-state index is -0.300. The highest BCUT2D eigenvalue weighted by atomic mass is 32.1. The molecule has 2 rings (SSSR count). The van der Waals surface area contributed by atoms with Crippen molar-refractivity contribution in [2.45, 2.75) is 19.9 Å². The van der Waals surface area contributed by atoms with Crippen molar-refractivity contribution in [3.63, 3.8) is 0 Å². The summed E-state index contributed by atoms with van der Waals surface area (Å²) in [5.41, 5.74) is 8.06. The van der Waals surface area contributed by atoms with Gasteiger partial charge in [-0.15, -0.1) is 11.3 Å².